The Kier molecular flexibility index (Phi) is 4.72. The molecule has 2 aliphatic rings. The first-order valence-electron chi connectivity index (χ1n) is 8.31. The molecule has 2 aliphatic heterocycles. The molecule has 2 amide bonds. The molecule has 1 atom stereocenters. The summed E-state index contributed by atoms with van der Waals surface area (Å²) in [6, 6.07) is 14.1. The molecule has 0 bridgehead atoms. The van der Waals surface area contributed by atoms with Crippen molar-refractivity contribution in [1.29, 1.82) is 0 Å². The lowest BCUT2D eigenvalue weighted by molar-refractivity contribution is -0.124. The fourth-order valence-corrected chi connectivity index (χ4v) is 3.84. The molecule has 2 heterocycles. The monoisotopic (exact) mass is 398 g/mol. The summed E-state index contributed by atoms with van der Waals surface area (Å²) in [5.41, 5.74) is 2.11. The summed E-state index contributed by atoms with van der Waals surface area (Å²) in [5.74, 6) is 0.315. The van der Waals surface area contributed by atoms with Crippen LogP contribution in [0.25, 0.3) is 0 Å². The summed E-state index contributed by atoms with van der Waals surface area (Å²) in [6.07, 6.45) is 0. The summed E-state index contributed by atoms with van der Waals surface area (Å²) in [7, 11) is 0. The van der Waals surface area contributed by atoms with Crippen LogP contribution in [-0.4, -0.2) is 39.5 Å². The van der Waals surface area contributed by atoms with Crippen LogP contribution in [0, 0.1) is 0 Å². The molecule has 2 aromatic rings. The van der Waals surface area contributed by atoms with Gasteiger partial charge in [-0.3, -0.25) is 14.6 Å². The molecule has 0 unspecified atom stereocenters. The van der Waals surface area contributed by atoms with E-state index in [2.05, 4.69) is 15.3 Å². The first-order chi connectivity index (χ1) is 13.0. The highest BCUT2D eigenvalue weighted by Gasteiger charge is 2.39. The van der Waals surface area contributed by atoms with Gasteiger partial charge in [-0.1, -0.05) is 47.6 Å². The van der Waals surface area contributed by atoms with Crippen LogP contribution in [0.2, 0.25) is 5.02 Å². The molecule has 27 heavy (non-hydrogen) atoms. The van der Waals surface area contributed by atoms with Crippen LogP contribution in [0.5, 0.6) is 0 Å². The number of nitrogens with one attached hydrogen (secondary N) is 1. The Morgan fingerprint density at radius 2 is 1.96 bits per heavy atom. The van der Waals surface area contributed by atoms with Gasteiger partial charge in [0.25, 0.3) is 5.91 Å². The largest absolute Gasteiger partial charge is 0.324 e. The number of nitrogens with zero attached hydrogens (tertiary/aromatic N) is 3. The van der Waals surface area contributed by atoms with Crippen LogP contribution in [-0.2, 0) is 9.59 Å². The fraction of sp³-hybridized carbons (Fsp3) is 0.158. The minimum absolute atomic E-state index is 0.0949. The lowest BCUT2D eigenvalue weighted by Crippen LogP contribution is -2.41. The standard InChI is InChI=1S/C19H15ClN4O2S/c1-11-18(26)24-17(21-11)12-6-2-4-8-14(12)23-19(24)27-10-16(25)22-15-9-5-3-7-13(15)20/h2-9,11H,10H2,1H3,(H,22,25)/t11-/m0/s1. The molecule has 0 spiro atoms. The number of thioether (sulfide) groups is 1. The molecule has 136 valence electrons. The van der Waals surface area contributed by atoms with Gasteiger partial charge in [0.2, 0.25) is 5.91 Å². The van der Waals surface area contributed by atoms with Gasteiger partial charge in [0, 0.05) is 5.56 Å². The van der Waals surface area contributed by atoms with E-state index >= 15 is 0 Å². The Balaban J connectivity index is 1.54. The molecule has 0 fully saturated rings. The Bertz CT molecular complexity index is 1000. The number of hydrogen-bond acceptors (Lipinski definition) is 5. The number of halogens is 1. The predicted octanol–water partition coefficient (Wildman–Crippen LogP) is 3.69. The number of rotatable bonds is 3. The van der Waals surface area contributed by atoms with Crippen LogP contribution in [0.3, 0.4) is 0 Å². The molecule has 0 saturated heterocycles. The van der Waals surface area contributed by atoms with Crippen molar-refractivity contribution in [3.8, 4) is 0 Å². The highest BCUT2D eigenvalue weighted by atomic mass is 35.5. The SMILES string of the molecule is C[C@@H]1N=C2c3ccccc3N=C(SCC(=O)Nc3ccccc3Cl)N2C1=O. The maximum atomic E-state index is 12.5. The summed E-state index contributed by atoms with van der Waals surface area (Å²) in [6.45, 7) is 1.75. The Morgan fingerprint density at radius 1 is 1.22 bits per heavy atom. The number of carbonyl (C=O) groups excluding carboxylic acids is 2. The topological polar surface area (TPSA) is 74.1 Å². The minimum Gasteiger partial charge on any atom is -0.324 e. The maximum absolute atomic E-state index is 12.5. The minimum atomic E-state index is -0.464. The normalized spacial score (nSPS) is 17.8. The second-order valence-electron chi connectivity index (χ2n) is 6.03. The molecule has 6 nitrogen and oxygen atoms in total. The van der Waals surface area contributed by atoms with Gasteiger partial charge in [0.1, 0.15) is 11.9 Å². The van der Waals surface area contributed by atoms with Gasteiger partial charge in [-0.05, 0) is 31.2 Å². The van der Waals surface area contributed by atoms with Crippen LogP contribution >= 0.6 is 23.4 Å². The van der Waals surface area contributed by atoms with Crippen molar-refractivity contribution in [2.24, 2.45) is 9.98 Å². The van der Waals surface area contributed by atoms with Gasteiger partial charge in [-0.2, -0.15) is 0 Å². The van der Waals surface area contributed by atoms with Crippen molar-refractivity contribution < 1.29 is 9.59 Å². The van der Waals surface area contributed by atoms with E-state index < -0.39 is 6.04 Å². The molecule has 0 aliphatic carbocycles. The number of amides is 2. The predicted molar refractivity (Wildman–Crippen MR) is 109 cm³/mol. The number of para-hydroxylation sites is 2. The number of carbonyl (C=O) groups is 2. The van der Waals surface area contributed by atoms with E-state index in [1.807, 2.05) is 24.3 Å². The van der Waals surface area contributed by atoms with Crippen LogP contribution < -0.4 is 5.32 Å². The van der Waals surface area contributed by atoms with Crippen molar-refractivity contribution in [1.82, 2.24) is 4.90 Å². The van der Waals surface area contributed by atoms with E-state index in [1.54, 1.807) is 31.2 Å². The van der Waals surface area contributed by atoms with Crippen LogP contribution in [0.4, 0.5) is 11.4 Å². The Hall–Kier alpha value is -2.64. The van der Waals surface area contributed by atoms with E-state index in [-0.39, 0.29) is 17.6 Å². The molecule has 0 saturated carbocycles. The van der Waals surface area contributed by atoms with Crippen LogP contribution in [0.1, 0.15) is 12.5 Å². The third kappa shape index (κ3) is 3.36. The third-order valence-electron chi connectivity index (χ3n) is 4.14. The third-order valence-corrected chi connectivity index (χ3v) is 5.41. The Morgan fingerprint density at radius 3 is 2.78 bits per heavy atom. The van der Waals surface area contributed by atoms with Crippen molar-refractivity contribution in [3.05, 3.63) is 59.1 Å². The molecular weight excluding hydrogens is 384 g/mol. The van der Waals surface area contributed by atoms with Crippen molar-refractivity contribution in [2.45, 2.75) is 13.0 Å². The molecular formula is C19H15ClN4O2S. The average Bonchev–Trinajstić information content (AvgIpc) is 2.97. The van der Waals surface area contributed by atoms with Crippen molar-refractivity contribution >= 4 is 57.6 Å². The van der Waals surface area contributed by atoms with Gasteiger partial charge in [0.05, 0.1) is 22.2 Å². The van der Waals surface area contributed by atoms with E-state index in [9.17, 15) is 9.59 Å². The maximum Gasteiger partial charge on any atom is 0.258 e. The zero-order valence-corrected chi connectivity index (χ0v) is 15.9. The molecule has 2 aromatic carbocycles. The lowest BCUT2D eigenvalue weighted by atomic mass is 10.1. The summed E-state index contributed by atoms with van der Waals surface area (Å²) in [4.78, 5) is 35.4. The zero-order chi connectivity index (χ0) is 19.0. The summed E-state index contributed by atoms with van der Waals surface area (Å²) in [5, 5.41) is 3.69. The number of amidine groups is 2. The number of aliphatic imine (C=N–C) groups is 2. The van der Waals surface area contributed by atoms with Gasteiger partial charge in [-0.15, -0.1) is 0 Å². The Labute approximate surface area is 165 Å². The fourth-order valence-electron chi connectivity index (χ4n) is 2.85. The number of fused-ring (bicyclic) bond motifs is 3. The second-order valence-corrected chi connectivity index (χ2v) is 7.38. The van der Waals surface area contributed by atoms with E-state index in [4.69, 9.17) is 11.6 Å². The molecule has 0 radical (unpaired) electrons. The molecule has 1 N–H and O–H groups in total. The molecule has 4 rings (SSSR count). The smallest absolute Gasteiger partial charge is 0.258 e. The number of hydrogen-bond donors (Lipinski definition) is 1. The first kappa shape index (κ1) is 17.8. The number of anilines is 1. The molecule has 8 heteroatoms. The average molecular weight is 399 g/mol. The zero-order valence-electron chi connectivity index (χ0n) is 14.3. The van der Waals surface area contributed by atoms with Gasteiger partial charge in [-0.25, -0.2) is 9.89 Å². The summed E-state index contributed by atoms with van der Waals surface area (Å²) < 4.78 is 0. The van der Waals surface area contributed by atoms with Crippen molar-refractivity contribution in [2.75, 3.05) is 11.1 Å². The van der Waals surface area contributed by atoms with E-state index in [1.165, 1.54) is 16.7 Å². The molecule has 0 aromatic heterocycles. The van der Waals surface area contributed by atoms with E-state index in [0.717, 1.165) is 11.3 Å². The van der Waals surface area contributed by atoms with Crippen LogP contribution in [0.15, 0.2) is 58.5 Å². The number of benzene rings is 2. The highest BCUT2D eigenvalue weighted by Crippen LogP contribution is 2.33. The van der Waals surface area contributed by atoms with E-state index in [0.29, 0.717) is 21.7 Å². The van der Waals surface area contributed by atoms with Gasteiger partial charge < -0.3 is 5.32 Å². The second kappa shape index (κ2) is 7.17. The van der Waals surface area contributed by atoms with Gasteiger partial charge in [0.15, 0.2) is 5.17 Å². The first-order valence-corrected chi connectivity index (χ1v) is 9.68. The quantitative estimate of drug-likeness (QED) is 0.856. The van der Waals surface area contributed by atoms with Crippen molar-refractivity contribution in [3.63, 3.8) is 0 Å². The highest BCUT2D eigenvalue weighted by molar-refractivity contribution is 8.14. The lowest BCUT2D eigenvalue weighted by Gasteiger charge is -2.25. The summed E-state index contributed by atoms with van der Waals surface area (Å²) >= 11 is 7.26. The van der Waals surface area contributed by atoms with Gasteiger partial charge >= 0.3 is 0 Å².